The zero-order valence-electron chi connectivity index (χ0n) is 9.81. The molecule has 2 rings (SSSR count). The third-order valence-corrected chi connectivity index (χ3v) is 4.99. The molecule has 1 heteroatoms. The average Bonchev–Trinajstić information content (AvgIpc) is 2.44. The van der Waals surface area contributed by atoms with Crippen LogP contribution in [0.15, 0.2) is 0 Å². The molecule has 0 amide bonds. The Bertz CT molecular complexity index is 203. The maximum Gasteiger partial charge on any atom is 0.0234 e. The second kappa shape index (κ2) is 3.52. The van der Waals surface area contributed by atoms with Gasteiger partial charge in [-0.1, -0.05) is 39.5 Å². The van der Waals surface area contributed by atoms with E-state index >= 15 is 0 Å². The Kier molecular flexibility index (Phi) is 2.63. The number of hydrogen-bond donors (Lipinski definition) is 1. The Hall–Kier alpha value is -0.0400. The summed E-state index contributed by atoms with van der Waals surface area (Å²) in [6.45, 7) is 4.77. The average molecular weight is 195 g/mol. The van der Waals surface area contributed by atoms with Crippen LogP contribution >= 0.6 is 0 Å². The maximum atomic E-state index is 6.71. The topological polar surface area (TPSA) is 26.0 Å². The van der Waals surface area contributed by atoms with E-state index in [0.29, 0.717) is 5.41 Å². The summed E-state index contributed by atoms with van der Waals surface area (Å²) < 4.78 is 0. The lowest BCUT2D eigenvalue weighted by atomic mass is 9.64. The van der Waals surface area contributed by atoms with E-state index in [-0.39, 0.29) is 5.54 Å². The van der Waals surface area contributed by atoms with Gasteiger partial charge in [0.2, 0.25) is 0 Å². The molecule has 1 unspecified atom stereocenters. The zero-order valence-corrected chi connectivity index (χ0v) is 9.81. The molecule has 0 aliphatic heterocycles. The summed E-state index contributed by atoms with van der Waals surface area (Å²) in [7, 11) is 0. The van der Waals surface area contributed by atoms with Gasteiger partial charge >= 0.3 is 0 Å². The Labute approximate surface area is 88.4 Å². The quantitative estimate of drug-likeness (QED) is 0.681. The molecule has 82 valence electrons. The molecule has 0 radical (unpaired) electrons. The smallest absolute Gasteiger partial charge is 0.0234 e. The Balaban J connectivity index is 2.13. The van der Waals surface area contributed by atoms with Gasteiger partial charge in [0.05, 0.1) is 0 Å². The minimum Gasteiger partial charge on any atom is -0.324 e. The van der Waals surface area contributed by atoms with Gasteiger partial charge in [0.15, 0.2) is 0 Å². The van der Waals surface area contributed by atoms with Crippen molar-refractivity contribution >= 4 is 0 Å². The molecule has 0 bridgehead atoms. The van der Waals surface area contributed by atoms with E-state index in [2.05, 4.69) is 13.8 Å². The molecule has 2 N–H and O–H groups in total. The van der Waals surface area contributed by atoms with Gasteiger partial charge in [-0.25, -0.2) is 0 Å². The van der Waals surface area contributed by atoms with Gasteiger partial charge < -0.3 is 5.73 Å². The first-order chi connectivity index (χ1) is 6.56. The third-order valence-electron chi connectivity index (χ3n) is 4.99. The van der Waals surface area contributed by atoms with E-state index in [1.165, 1.54) is 51.4 Å². The summed E-state index contributed by atoms with van der Waals surface area (Å²) >= 11 is 0. The number of rotatable bonds is 1. The second-order valence-electron chi connectivity index (χ2n) is 6.11. The van der Waals surface area contributed by atoms with Crippen LogP contribution in [0.3, 0.4) is 0 Å². The highest BCUT2D eigenvalue weighted by Crippen LogP contribution is 2.51. The highest BCUT2D eigenvalue weighted by atomic mass is 14.8. The van der Waals surface area contributed by atoms with Crippen LogP contribution in [0, 0.1) is 11.3 Å². The summed E-state index contributed by atoms with van der Waals surface area (Å²) in [6, 6.07) is 0. The molecule has 2 aliphatic carbocycles. The molecule has 2 aliphatic rings. The van der Waals surface area contributed by atoms with E-state index < -0.39 is 0 Å². The molecule has 0 aromatic heterocycles. The van der Waals surface area contributed by atoms with Gasteiger partial charge in [-0.05, 0) is 37.0 Å². The van der Waals surface area contributed by atoms with Crippen molar-refractivity contribution in [3.63, 3.8) is 0 Å². The zero-order chi connectivity index (χ0) is 10.2. The summed E-state index contributed by atoms with van der Waals surface area (Å²) in [5.41, 5.74) is 7.26. The minimum atomic E-state index is 0.160. The summed E-state index contributed by atoms with van der Waals surface area (Å²) in [6.07, 6.45) is 11.0. The summed E-state index contributed by atoms with van der Waals surface area (Å²) in [5.74, 6) is 0.814. The van der Waals surface area contributed by atoms with Crippen molar-refractivity contribution in [3.05, 3.63) is 0 Å². The molecule has 1 atom stereocenters. The van der Waals surface area contributed by atoms with Crippen molar-refractivity contribution in [1.29, 1.82) is 0 Å². The third kappa shape index (κ3) is 1.50. The van der Waals surface area contributed by atoms with Gasteiger partial charge in [-0.3, -0.25) is 0 Å². The first-order valence-electron chi connectivity index (χ1n) is 6.35. The summed E-state index contributed by atoms with van der Waals surface area (Å²) in [5, 5.41) is 0. The largest absolute Gasteiger partial charge is 0.324 e. The lowest BCUT2D eigenvalue weighted by Gasteiger charge is -2.46. The number of nitrogens with two attached hydrogens (primary N) is 1. The lowest BCUT2D eigenvalue weighted by Crippen LogP contribution is -2.55. The first kappa shape index (κ1) is 10.5. The fourth-order valence-electron chi connectivity index (χ4n) is 3.77. The highest BCUT2D eigenvalue weighted by molar-refractivity contribution is 5.06. The molecular formula is C13H25N. The van der Waals surface area contributed by atoms with Crippen molar-refractivity contribution in [3.8, 4) is 0 Å². The van der Waals surface area contributed by atoms with Crippen LogP contribution in [0.4, 0.5) is 0 Å². The first-order valence-corrected chi connectivity index (χ1v) is 6.35. The van der Waals surface area contributed by atoms with Crippen LogP contribution in [-0.2, 0) is 0 Å². The van der Waals surface area contributed by atoms with Gasteiger partial charge in [0.25, 0.3) is 0 Å². The molecule has 2 saturated carbocycles. The van der Waals surface area contributed by atoms with E-state index in [1.54, 1.807) is 0 Å². The Morgan fingerprint density at radius 3 is 2.07 bits per heavy atom. The predicted octanol–water partition coefficient (Wildman–Crippen LogP) is 3.47. The Morgan fingerprint density at radius 1 is 0.929 bits per heavy atom. The fourth-order valence-corrected chi connectivity index (χ4v) is 3.77. The second-order valence-corrected chi connectivity index (χ2v) is 6.11. The Morgan fingerprint density at radius 2 is 1.57 bits per heavy atom. The minimum absolute atomic E-state index is 0.160. The van der Waals surface area contributed by atoms with Crippen molar-refractivity contribution < 1.29 is 0 Å². The molecule has 14 heavy (non-hydrogen) atoms. The van der Waals surface area contributed by atoms with Crippen molar-refractivity contribution in [1.82, 2.24) is 0 Å². The van der Waals surface area contributed by atoms with Gasteiger partial charge in [-0.2, -0.15) is 0 Å². The van der Waals surface area contributed by atoms with Crippen LogP contribution in [0.1, 0.15) is 65.2 Å². The standard InChI is InChI=1S/C13H25N/c1-12(2)9-6-10-13(12,14)11-7-4-3-5-8-11/h11H,3-10,14H2,1-2H3. The highest BCUT2D eigenvalue weighted by Gasteiger charge is 2.50. The van der Waals surface area contributed by atoms with Gasteiger partial charge in [-0.15, -0.1) is 0 Å². The molecule has 0 spiro atoms. The van der Waals surface area contributed by atoms with Crippen LogP contribution in [0.2, 0.25) is 0 Å². The monoisotopic (exact) mass is 195 g/mol. The molecular weight excluding hydrogens is 170 g/mol. The van der Waals surface area contributed by atoms with Crippen molar-refractivity contribution in [2.24, 2.45) is 17.1 Å². The summed E-state index contributed by atoms with van der Waals surface area (Å²) in [4.78, 5) is 0. The normalized spacial score (nSPS) is 38.8. The van der Waals surface area contributed by atoms with E-state index in [0.717, 1.165) is 5.92 Å². The van der Waals surface area contributed by atoms with Crippen LogP contribution in [-0.4, -0.2) is 5.54 Å². The van der Waals surface area contributed by atoms with Gasteiger partial charge in [0.1, 0.15) is 0 Å². The van der Waals surface area contributed by atoms with Crippen LogP contribution in [0.5, 0.6) is 0 Å². The van der Waals surface area contributed by atoms with E-state index in [4.69, 9.17) is 5.73 Å². The van der Waals surface area contributed by atoms with Gasteiger partial charge in [0, 0.05) is 5.54 Å². The van der Waals surface area contributed by atoms with Crippen LogP contribution in [0.25, 0.3) is 0 Å². The molecule has 0 aromatic rings. The number of hydrogen-bond acceptors (Lipinski definition) is 1. The maximum absolute atomic E-state index is 6.71. The molecule has 0 saturated heterocycles. The van der Waals surface area contributed by atoms with Crippen molar-refractivity contribution in [2.75, 3.05) is 0 Å². The van der Waals surface area contributed by atoms with E-state index in [9.17, 15) is 0 Å². The van der Waals surface area contributed by atoms with Crippen molar-refractivity contribution in [2.45, 2.75) is 70.8 Å². The molecule has 0 heterocycles. The predicted molar refractivity (Wildman–Crippen MR) is 61.1 cm³/mol. The molecule has 2 fully saturated rings. The molecule has 1 nitrogen and oxygen atoms in total. The lowest BCUT2D eigenvalue weighted by molar-refractivity contribution is 0.101. The van der Waals surface area contributed by atoms with Crippen LogP contribution < -0.4 is 5.73 Å². The molecule has 0 aromatic carbocycles. The fraction of sp³-hybridized carbons (Fsp3) is 1.00. The SMILES string of the molecule is CC1(C)CCCC1(N)C1CCCCC1. The van der Waals surface area contributed by atoms with E-state index in [1.807, 2.05) is 0 Å².